The summed E-state index contributed by atoms with van der Waals surface area (Å²) >= 11 is 0. The Morgan fingerprint density at radius 3 is 1.12 bits per heavy atom. The summed E-state index contributed by atoms with van der Waals surface area (Å²) in [6.45, 7) is 21.1. The van der Waals surface area contributed by atoms with Crippen LogP contribution in [0.2, 0.25) is 0 Å². The maximum absolute atomic E-state index is 9.67. The van der Waals surface area contributed by atoms with Crippen molar-refractivity contribution in [3.8, 4) is 0 Å². The van der Waals surface area contributed by atoms with E-state index in [1.54, 1.807) is 0 Å². The molecule has 0 amide bonds. The Labute approximate surface area is 452 Å². The summed E-state index contributed by atoms with van der Waals surface area (Å²) < 4.78 is 31.5. The molecule has 0 radical (unpaired) electrons. The van der Waals surface area contributed by atoms with Crippen LogP contribution in [0.3, 0.4) is 0 Å². The van der Waals surface area contributed by atoms with Gasteiger partial charge in [-0.25, -0.2) is 0 Å². The minimum atomic E-state index is -3.67. The van der Waals surface area contributed by atoms with Crippen molar-refractivity contribution < 1.29 is 17.7 Å². The van der Waals surface area contributed by atoms with Gasteiger partial charge in [-0.1, -0.05) is 241 Å². The number of fused-ring (bicyclic) bond motifs is 2. The molecule has 0 spiro atoms. The highest BCUT2D eigenvalue weighted by molar-refractivity contribution is 6.33. The van der Waals surface area contributed by atoms with Crippen LogP contribution in [0.15, 0.2) is 144 Å². The molecule has 0 aromatic heterocycles. The van der Waals surface area contributed by atoms with E-state index >= 15 is 0 Å². The second kappa shape index (κ2) is 30.6. The third kappa shape index (κ3) is 16.7. The van der Waals surface area contributed by atoms with Crippen LogP contribution < -0.4 is 19.1 Å². The predicted molar refractivity (Wildman–Crippen MR) is 317 cm³/mol. The molecule has 4 aromatic rings. The molecule has 0 N–H and O–H groups in total. The van der Waals surface area contributed by atoms with E-state index < -0.39 is 7.54 Å². The molecule has 0 atom stereocenters. The van der Waals surface area contributed by atoms with Crippen LogP contribution in [0.1, 0.15) is 205 Å². The standard InChI is InChI=1S/C67H92N3.BF3.FH/c1-9-11-13-15-17-19-21-23-25-33-49-68-61-45-39-53(3)51-59(61)66(5,6)63(68)47-43-55-41-42-56(65(55)70(57-35-29-27-30-36-57)58-37-31-28-32-38-58)44-48-64-67(7,8)60-52-54(4)40-46-62(60)69(64)50-34-26-24-22-20-18-16-14-12-10-2;2-1(3)4;/h27-32,35-40,43-48,51-52H,9-26,33-34,41-42,49-50H2,1-8H3;;1H/q+1;;/p-1. The van der Waals surface area contributed by atoms with Gasteiger partial charge in [0.25, 0.3) is 0 Å². The number of unbranched alkanes of at least 4 members (excludes halogenated alkanes) is 18. The highest BCUT2D eigenvalue weighted by atomic mass is 19.4. The Bertz CT molecular complexity index is 2350. The molecular weight excluding hydrogens is 934 g/mol. The molecule has 1 aliphatic carbocycles. The topological polar surface area (TPSA) is 9.49 Å². The number of hydrogen-bond acceptors (Lipinski definition) is 2. The predicted octanol–water partition coefficient (Wildman–Crippen LogP) is 17.3. The maximum atomic E-state index is 9.67. The number of aryl methyl sites for hydroxylation is 2. The van der Waals surface area contributed by atoms with Gasteiger partial charge in [0.1, 0.15) is 0 Å². The molecule has 406 valence electrons. The molecule has 4 aromatic carbocycles. The van der Waals surface area contributed by atoms with Gasteiger partial charge in [0, 0.05) is 82.1 Å². The van der Waals surface area contributed by atoms with Crippen molar-refractivity contribution in [2.45, 2.75) is 207 Å². The van der Waals surface area contributed by atoms with Gasteiger partial charge in [-0.3, -0.25) is 12.9 Å². The smallest absolute Gasteiger partial charge is 0.762 e. The summed E-state index contributed by atoms with van der Waals surface area (Å²) in [6, 6.07) is 36.5. The third-order valence-electron chi connectivity index (χ3n) is 16.0. The molecule has 0 saturated heterocycles. The lowest BCUT2D eigenvalue weighted by Gasteiger charge is -2.27. The van der Waals surface area contributed by atoms with Gasteiger partial charge in [0.05, 0.1) is 0 Å². The summed E-state index contributed by atoms with van der Waals surface area (Å²) in [5.74, 6) is 0. The number of anilines is 2. The Balaban J connectivity index is 0.00000201. The second-order valence-corrected chi connectivity index (χ2v) is 22.5. The Morgan fingerprint density at radius 2 is 0.787 bits per heavy atom. The fourth-order valence-electron chi connectivity index (χ4n) is 11.8. The monoisotopic (exact) mass is 1030 g/mol. The summed E-state index contributed by atoms with van der Waals surface area (Å²) in [4.78, 5) is 5.37. The molecule has 3 aliphatic rings. The van der Waals surface area contributed by atoms with E-state index in [1.807, 2.05) is 0 Å². The number of nitrogens with zero attached hydrogens (tertiary/aromatic N) is 3. The Hall–Kier alpha value is -5.11. The van der Waals surface area contributed by atoms with Crippen LogP contribution in [0.25, 0.3) is 0 Å². The minimum absolute atomic E-state index is 0. The lowest BCUT2D eigenvalue weighted by molar-refractivity contribution is -0.0000184. The summed E-state index contributed by atoms with van der Waals surface area (Å²) in [5, 5.41) is 0. The number of para-hydroxylation sites is 2. The van der Waals surface area contributed by atoms with Crippen molar-refractivity contribution >= 4 is 36.0 Å². The first kappa shape index (κ1) is 60.8. The molecule has 1 fully saturated rings. The van der Waals surface area contributed by atoms with E-state index in [0.717, 1.165) is 25.9 Å². The largest absolute Gasteiger partial charge is 1.00 e. The molecule has 8 heteroatoms. The summed E-state index contributed by atoms with van der Waals surface area (Å²) in [7, 11) is -3.67. The fourth-order valence-corrected chi connectivity index (χ4v) is 11.8. The van der Waals surface area contributed by atoms with Crippen LogP contribution in [0.5, 0.6) is 0 Å². The van der Waals surface area contributed by atoms with E-state index in [1.165, 1.54) is 202 Å². The zero-order valence-corrected chi connectivity index (χ0v) is 47.4. The van der Waals surface area contributed by atoms with Gasteiger partial charge in [0.2, 0.25) is 17.1 Å². The zero-order valence-electron chi connectivity index (χ0n) is 47.4. The third-order valence-corrected chi connectivity index (χ3v) is 16.0. The first-order valence-corrected chi connectivity index (χ1v) is 29.1. The van der Waals surface area contributed by atoms with Crippen molar-refractivity contribution in [2.24, 2.45) is 0 Å². The number of benzene rings is 4. The zero-order chi connectivity index (χ0) is 52.9. The van der Waals surface area contributed by atoms with Gasteiger partial charge >= 0.3 is 7.54 Å². The van der Waals surface area contributed by atoms with Crippen LogP contribution in [0.4, 0.5) is 35.7 Å². The van der Waals surface area contributed by atoms with Gasteiger partial charge in [-0.15, -0.1) is 0 Å². The number of allylic oxidation sites excluding steroid dienone is 8. The molecule has 0 unspecified atom stereocenters. The first-order chi connectivity index (χ1) is 35.8. The minimum Gasteiger partial charge on any atom is -1.00 e. The Kier molecular flexibility index (Phi) is 24.8. The van der Waals surface area contributed by atoms with E-state index in [-0.39, 0.29) is 15.5 Å². The van der Waals surface area contributed by atoms with Crippen molar-refractivity contribution in [3.05, 3.63) is 166 Å². The molecule has 0 bridgehead atoms. The fraction of sp³-hybridized carbons (Fsp3) is 0.507. The molecule has 1 saturated carbocycles. The summed E-state index contributed by atoms with van der Waals surface area (Å²) in [5.41, 5.74) is 17.5. The number of halogens is 4. The van der Waals surface area contributed by atoms with Crippen LogP contribution in [-0.4, -0.2) is 26.3 Å². The van der Waals surface area contributed by atoms with Crippen molar-refractivity contribution in [2.75, 3.05) is 22.9 Å². The second-order valence-electron chi connectivity index (χ2n) is 22.5. The number of hydrogen-bond donors (Lipinski definition) is 0. The highest BCUT2D eigenvalue weighted by Crippen LogP contribution is 2.50. The molecule has 75 heavy (non-hydrogen) atoms. The Morgan fingerprint density at radius 1 is 0.467 bits per heavy atom. The molecule has 2 heterocycles. The quantitative estimate of drug-likeness (QED) is 0.0268. The normalized spacial score (nSPS) is 17.4. The highest BCUT2D eigenvalue weighted by Gasteiger charge is 2.42. The van der Waals surface area contributed by atoms with Gasteiger partial charge in [0.15, 0.2) is 0 Å². The first-order valence-electron chi connectivity index (χ1n) is 29.1. The van der Waals surface area contributed by atoms with Crippen LogP contribution in [0, 0.1) is 13.8 Å². The van der Waals surface area contributed by atoms with E-state index in [2.05, 4.69) is 191 Å². The SMILES string of the molecule is CCCCCCCCCCCCN1C(=CC=C2CC/C(=C\C=C3\N(CCCCCCCCCCCC)c4ccc(C)cc4C3(C)C)C2=[N+](c2ccccc2)c2ccccc2)C(C)(C)c2cc(C)ccc21.FB(F)F.[F-]. The molecule has 3 nitrogen and oxygen atoms in total. The molecule has 7 rings (SSSR count). The van der Waals surface area contributed by atoms with Gasteiger partial charge in [-0.2, -0.15) is 4.58 Å². The van der Waals surface area contributed by atoms with Crippen LogP contribution >= 0.6 is 0 Å². The number of rotatable bonds is 26. The van der Waals surface area contributed by atoms with Crippen molar-refractivity contribution in [3.63, 3.8) is 0 Å². The average Bonchev–Trinajstić information content (AvgIpc) is 3.94. The maximum Gasteiger partial charge on any atom is 0.762 e. The van der Waals surface area contributed by atoms with E-state index in [4.69, 9.17) is 0 Å². The van der Waals surface area contributed by atoms with Gasteiger partial charge < -0.3 is 14.5 Å². The average molecular weight is 1030 g/mol. The van der Waals surface area contributed by atoms with Crippen LogP contribution in [-0.2, 0) is 10.8 Å². The molecular formula is C67H92BF4N3. The van der Waals surface area contributed by atoms with E-state index in [0.29, 0.717) is 0 Å². The summed E-state index contributed by atoms with van der Waals surface area (Å²) in [6.07, 6.45) is 39.1. The van der Waals surface area contributed by atoms with Crippen molar-refractivity contribution in [1.29, 1.82) is 0 Å². The lowest BCUT2D eigenvalue weighted by Crippen LogP contribution is -3.00. The lowest BCUT2D eigenvalue weighted by atomic mass is 9.83. The van der Waals surface area contributed by atoms with Gasteiger partial charge in [-0.05, 0) is 74.9 Å². The molecule has 2 aliphatic heterocycles. The van der Waals surface area contributed by atoms with Crippen molar-refractivity contribution in [1.82, 2.24) is 4.58 Å². The van der Waals surface area contributed by atoms with E-state index in [9.17, 15) is 12.9 Å².